The zero-order chi connectivity index (χ0) is 12.4. The molecule has 0 fully saturated rings. The van der Waals surface area contributed by atoms with Gasteiger partial charge in [-0.15, -0.1) is 11.3 Å². The van der Waals surface area contributed by atoms with Crippen molar-refractivity contribution in [2.24, 2.45) is 0 Å². The van der Waals surface area contributed by atoms with Crippen molar-refractivity contribution in [2.75, 3.05) is 5.73 Å². The lowest BCUT2D eigenvalue weighted by Gasteiger charge is -2.00. The molecule has 0 unspecified atom stereocenters. The fraction of sp³-hybridized carbons (Fsp3) is 0.154. The molecule has 17 heavy (non-hydrogen) atoms. The molecule has 4 heteroatoms. The van der Waals surface area contributed by atoms with Crippen molar-refractivity contribution in [3.63, 3.8) is 0 Å². The number of nitrogens with two attached hydrogens (primary N) is 1. The van der Waals surface area contributed by atoms with Crippen LogP contribution in [0.15, 0.2) is 34.8 Å². The molecular formula is C13H12BrNOS. The highest BCUT2D eigenvalue weighted by Crippen LogP contribution is 2.27. The van der Waals surface area contributed by atoms with Gasteiger partial charge in [0.15, 0.2) is 5.78 Å². The zero-order valence-electron chi connectivity index (χ0n) is 9.37. The smallest absolute Gasteiger partial charge is 0.195 e. The van der Waals surface area contributed by atoms with Crippen LogP contribution in [0.2, 0.25) is 0 Å². The van der Waals surface area contributed by atoms with Gasteiger partial charge >= 0.3 is 0 Å². The van der Waals surface area contributed by atoms with Crippen LogP contribution >= 0.6 is 27.3 Å². The second-order valence-electron chi connectivity index (χ2n) is 3.68. The number of anilines is 1. The molecule has 0 saturated carbocycles. The molecule has 88 valence electrons. The summed E-state index contributed by atoms with van der Waals surface area (Å²) in [7, 11) is 0. The first-order valence-corrected chi connectivity index (χ1v) is 6.91. The molecule has 2 aromatic rings. The van der Waals surface area contributed by atoms with Crippen LogP contribution in [-0.2, 0) is 6.42 Å². The third-order valence-corrected chi connectivity index (χ3v) is 4.15. The van der Waals surface area contributed by atoms with Crippen LogP contribution in [0.3, 0.4) is 0 Å². The van der Waals surface area contributed by atoms with E-state index in [4.69, 9.17) is 5.73 Å². The number of aryl methyl sites for hydroxylation is 1. The molecule has 0 radical (unpaired) electrons. The van der Waals surface area contributed by atoms with Crippen molar-refractivity contribution in [1.29, 1.82) is 0 Å². The van der Waals surface area contributed by atoms with E-state index in [9.17, 15) is 4.79 Å². The second kappa shape index (κ2) is 5.02. The standard InChI is InChI=1S/C13H12BrNOS/c1-2-10-7-11(13(15)17-10)12(16)8-3-5-9(14)6-4-8/h3-7H,2,15H2,1H3. The normalized spacial score (nSPS) is 10.5. The number of carbonyl (C=O) groups excluding carboxylic acids is 1. The Morgan fingerprint density at radius 3 is 2.53 bits per heavy atom. The van der Waals surface area contributed by atoms with E-state index in [1.807, 2.05) is 18.2 Å². The van der Waals surface area contributed by atoms with Gasteiger partial charge in [0.1, 0.15) is 0 Å². The highest BCUT2D eigenvalue weighted by molar-refractivity contribution is 9.10. The molecule has 0 aliphatic heterocycles. The predicted octanol–water partition coefficient (Wildman–Crippen LogP) is 3.89. The Hall–Kier alpha value is -1.13. The van der Waals surface area contributed by atoms with Crippen LogP contribution in [0.4, 0.5) is 5.00 Å². The Morgan fingerprint density at radius 1 is 1.35 bits per heavy atom. The van der Waals surface area contributed by atoms with Crippen LogP contribution < -0.4 is 5.73 Å². The van der Waals surface area contributed by atoms with E-state index in [0.29, 0.717) is 16.1 Å². The van der Waals surface area contributed by atoms with Crippen LogP contribution in [-0.4, -0.2) is 5.78 Å². The molecule has 2 nitrogen and oxygen atoms in total. The number of carbonyl (C=O) groups is 1. The molecule has 1 aromatic carbocycles. The lowest BCUT2D eigenvalue weighted by atomic mass is 10.1. The average Bonchev–Trinajstić information content (AvgIpc) is 2.71. The summed E-state index contributed by atoms with van der Waals surface area (Å²) >= 11 is 4.83. The van der Waals surface area contributed by atoms with Crippen molar-refractivity contribution in [2.45, 2.75) is 13.3 Å². The molecule has 0 amide bonds. The number of halogens is 1. The number of benzene rings is 1. The third-order valence-electron chi connectivity index (χ3n) is 2.51. The van der Waals surface area contributed by atoms with Gasteiger partial charge in [0.25, 0.3) is 0 Å². The van der Waals surface area contributed by atoms with E-state index < -0.39 is 0 Å². The lowest BCUT2D eigenvalue weighted by Crippen LogP contribution is -2.02. The molecular weight excluding hydrogens is 298 g/mol. The topological polar surface area (TPSA) is 43.1 Å². The maximum atomic E-state index is 12.2. The number of thiophene rings is 1. The maximum absolute atomic E-state index is 12.2. The summed E-state index contributed by atoms with van der Waals surface area (Å²) in [5, 5.41) is 0.606. The summed E-state index contributed by atoms with van der Waals surface area (Å²) in [5.41, 5.74) is 7.16. The number of rotatable bonds is 3. The first-order valence-electron chi connectivity index (χ1n) is 5.30. The van der Waals surface area contributed by atoms with E-state index in [0.717, 1.165) is 15.8 Å². The highest BCUT2D eigenvalue weighted by Gasteiger charge is 2.15. The van der Waals surface area contributed by atoms with E-state index in [1.54, 1.807) is 12.1 Å². The van der Waals surface area contributed by atoms with Gasteiger partial charge in [0, 0.05) is 14.9 Å². The Bertz CT molecular complexity index is 545. The van der Waals surface area contributed by atoms with Gasteiger partial charge in [-0.1, -0.05) is 22.9 Å². The van der Waals surface area contributed by atoms with Crippen molar-refractivity contribution >= 4 is 38.1 Å². The van der Waals surface area contributed by atoms with Crippen LogP contribution in [0.1, 0.15) is 27.7 Å². The summed E-state index contributed by atoms with van der Waals surface area (Å²) in [4.78, 5) is 13.4. The first kappa shape index (κ1) is 12.3. The summed E-state index contributed by atoms with van der Waals surface area (Å²) in [6, 6.07) is 9.21. The molecule has 0 spiro atoms. The van der Waals surface area contributed by atoms with Gasteiger partial charge in [-0.25, -0.2) is 0 Å². The molecule has 2 N–H and O–H groups in total. The highest BCUT2D eigenvalue weighted by atomic mass is 79.9. The van der Waals surface area contributed by atoms with E-state index in [-0.39, 0.29) is 5.78 Å². The fourth-order valence-corrected chi connectivity index (χ4v) is 2.70. The minimum Gasteiger partial charge on any atom is -0.390 e. The van der Waals surface area contributed by atoms with Crippen molar-refractivity contribution in [3.8, 4) is 0 Å². The second-order valence-corrected chi connectivity index (χ2v) is 5.76. The Balaban J connectivity index is 2.36. The van der Waals surface area contributed by atoms with Crippen LogP contribution in [0.5, 0.6) is 0 Å². The minimum atomic E-state index is -0.00838. The monoisotopic (exact) mass is 309 g/mol. The minimum absolute atomic E-state index is 0.00838. The van der Waals surface area contributed by atoms with Crippen molar-refractivity contribution in [1.82, 2.24) is 0 Å². The van der Waals surface area contributed by atoms with Gasteiger partial charge < -0.3 is 5.73 Å². The molecule has 0 atom stereocenters. The van der Waals surface area contributed by atoms with E-state index >= 15 is 0 Å². The molecule has 0 aliphatic carbocycles. The molecule has 1 aromatic heterocycles. The summed E-state index contributed by atoms with van der Waals surface area (Å²) in [6.07, 6.45) is 0.905. The average molecular weight is 310 g/mol. The van der Waals surface area contributed by atoms with Crippen molar-refractivity contribution < 1.29 is 4.79 Å². The Labute approximate surface area is 113 Å². The largest absolute Gasteiger partial charge is 0.390 e. The quantitative estimate of drug-likeness (QED) is 0.874. The maximum Gasteiger partial charge on any atom is 0.195 e. The molecule has 0 bridgehead atoms. The number of hydrogen-bond acceptors (Lipinski definition) is 3. The van der Waals surface area contributed by atoms with E-state index in [1.165, 1.54) is 11.3 Å². The van der Waals surface area contributed by atoms with Gasteiger partial charge in [-0.3, -0.25) is 4.79 Å². The van der Waals surface area contributed by atoms with Crippen LogP contribution in [0, 0.1) is 0 Å². The molecule has 0 saturated heterocycles. The van der Waals surface area contributed by atoms with Gasteiger partial charge in [-0.2, -0.15) is 0 Å². The number of ketones is 1. The third kappa shape index (κ3) is 2.58. The zero-order valence-corrected chi connectivity index (χ0v) is 11.8. The van der Waals surface area contributed by atoms with Gasteiger partial charge in [0.2, 0.25) is 0 Å². The Kier molecular flexibility index (Phi) is 3.64. The van der Waals surface area contributed by atoms with Gasteiger partial charge in [0.05, 0.1) is 10.6 Å². The van der Waals surface area contributed by atoms with E-state index in [2.05, 4.69) is 22.9 Å². The number of hydrogen-bond donors (Lipinski definition) is 1. The fourth-order valence-electron chi connectivity index (χ4n) is 1.57. The van der Waals surface area contributed by atoms with Gasteiger partial charge in [-0.05, 0) is 36.8 Å². The SMILES string of the molecule is CCc1cc(C(=O)c2ccc(Br)cc2)c(N)s1. The molecule has 2 rings (SSSR count). The molecule has 1 heterocycles. The summed E-state index contributed by atoms with van der Waals surface area (Å²) < 4.78 is 0.960. The van der Waals surface area contributed by atoms with Crippen LogP contribution in [0.25, 0.3) is 0 Å². The summed E-state index contributed by atoms with van der Waals surface area (Å²) in [5.74, 6) is -0.00838. The number of nitrogen functional groups attached to an aromatic ring is 1. The predicted molar refractivity (Wildman–Crippen MR) is 75.7 cm³/mol. The first-order chi connectivity index (χ1) is 8.11. The molecule has 0 aliphatic rings. The summed E-state index contributed by atoms with van der Waals surface area (Å²) in [6.45, 7) is 2.05. The lowest BCUT2D eigenvalue weighted by molar-refractivity contribution is 0.104. The van der Waals surface area contributed by atoms with Crippen molar-refractivity contribution in [3.05, 3.63) is 50.8 Å². The Morgan fingerprint density at radius 2 is 2.00 bits per heavy atom.